The highest BCUT2D eigenvalue weighted by Gasteiger charge is 2.43. The number of nitrogens with one attached hydrogen (secondary N) is 1. The number of fused-ring (bicyclic) bond motifs is 1. The molecule has 156 valence electrons. The predicted octanol–water partition coefficient (Wildman–Crippen LogP) is -1.03. The van der Waals surface area contributed by atoms with E-state index in [0.717, 1.165) is 10.1 Å². The highest BCUT2D eigenvalue weighted by atomic mass is 16.7. The summed E-state index contributed by atoms with van der Waals surface area (Å²) in [6.07, 6.45) is -2.89. The van der Waals surface area contributed by atoms with E-state index in [2.05, 4.69) is 10.3 Å². The molecule has 1 fully saturated rings. The Kier molecular flexibility index (Phi) is 5.28. The molecule has 11 heteroatoms. The molecule has 1 saturated heterocycles. The summed E-state index contributed by atoms with van der Waals surface area (Å²) in [6.45, 7) is 0.788. The molecular formula is C18H22N4O7. The summed E-state index contributed by atoms with van der Waals surface area (Å²) in [6, 6.07) is 4.99. The Hall–Kier alpha value is -2.86. The van der Waals surface area contributed by atoms with Gasteiger partial charge in [0, 0.05) is 30.9 Å². The van der Waals surface area contributed by atoms with Gasteiger partial charge in [-0.3, -0.25) is 4.57 Å². The zero-order valence-electron chi connectivity index (χ0n) is 15.6. The van der Waals surface area contributed by atoms with Crippen LogP contribution in [0.2, 0.25) is 0 Å². The highest BCUT2D eigenvalue weighted by Crippen LogP contribution is 2.38. The lowest BCUT2D eigenvalue weighted by atomic mass is 10.1. The number of nitrogen functional groups attached to an aromatic ring is 1. The van der Waals surface area contributed by atoms with Crippen molar-refractivity contribution in [2.24, 2.45) is 0 Å². The minimum absolute atomic E-state index is 0.0650. The molecule has 5 N–H and O–H groups in total. The fraction of sp³-hybridized carbons (Fsp3) is 0.444. The number of rotatable bonds is 6. The van der Waals surface area contributed by atoms with Gasteiger partial charge in [-0.2, -0.15) is 4.98 Å². The van der Waals surface area contributed by atoms with Crippen LogP contribution >= 0.6 is 0 Å². The maximum Gasteiger partial charge on any atom is 0.351 e. The number of aliphatic hydroxyl groups excluding tert-OH is 2. The van der Waals surface area contributed by atoms with Crippen LogP contribution in [0.3, 0.4) is 0 Å². The van der Waals surface area contributed by atoms with Gasteiger partial charge in [-0.25, -0.2) is 4.79 Å². The Morgan fingerprint density at radius 2 is 2.07 bits per heavy atom. The number of methoxy groups -OCH3 is 1. The van der Waals surface area contributed by atoms with Crippen LogP contribution in [-0.2, 0) is 11.3 Å². The minimum atomic E-state index is -1.29. The van der Waals surface area contributed by atoms with Crippen LogP contribution in [0.4, 0.5) is 5.82 Å². The molecule has 3 heterocycles. The van der Waals surface area contributed by atoms with Crippen LogP contribution in [-0.4, -0.2) is 58.5 Å². The average molecular weight is 406 g/mol. The second-order valence-electron chi connectivity index (χ2n) is 6.74. The standard InChI is InChI=1S/C18H22N4O7/c1-26-10-5-12-11(27-8-28-12)4-9(10)6-20-7-13-15(23)16(24)17(29-13)22-3-2-14(19)21-18(22)25/h2-5,13,15-17,20,23-24H,6-8H2,1H3,(H2,19,21,25)/t13-,15-,16-,17-/m1/s1. The zero-order valence-corrected chi connectivity index (χ0v) is 15.6. The lowest BCUT2D eigenvalue weighted by Crippen LogP contribution is -2.38. The summed E-state index contributed by atoms with van der Waals surface area (Å²) in [5, 5.41) is 23.8. The van der Waals surface area contributed by atoms with Crippen LogP contribution in [0.5, 0.6) is 17.2 Å². The largest absolute Gasteiger partial charge is 0.496 e. The number of aromatic nitrogens is 2. The fourth-order valence-electron chi connectivity index (χ4n) is 3.39. The molecule has 0 spiro atoms. The molecule has 0 bridgehead atoms. The van der Waals surface area contributed by atoms with Gasteiger partial charge in [0.25, 0.3) is 0 Å². The van der Waals surface area contributed by atoms with Crippen molar-refractivity contribution < 1.29 is 29.2 Å². The molecule has 1 aromatic carbocycles. The van der Waals surface area contributed by atoms with Crippen LogP contribution in [0.15, 0.2) is 29.2 Å². The van der Waals surface area contributed by atoms with E-state index in [9.17, 15) is 15.0 Å². The van der Waals surface area contributed by atoms with E-state index in [1.54, 1.807) is 13.2 Å². The third-order valence-corrected chi connectivity index (χ3v) is 4.90. The van der Waals surface area contributed by atoms with Gasteiger partial charge in [-0.05, 0) is 12.1 Å². The quantitative estimate of drug-likeness (QED) is 0.469. The number of ether oxygens (including phenoxy) is 4. The SMILES string of the molecule is COc1cc2c(cc1CNC[C@H]1O[C@@H](n3ccc(N)nc3=O)[C@H](O)[C@@H]1O)OCO2. The molecule has 29 heavy (non-hydrogen) atoms. The van der Waals surface area contributed by atoms with E-state index >= 15 is 0 Å². The number of benzene rings is 1. The summed E-state index contributed by atoms with van der Waals surface area (Å²) >= 11 is 0. The van der Waals surface area contributed by atoms with Crippen LogP contribution in [0, 0.1) is 0 Å². The van der Waals surface area contributed by atoms with Crippen molar-refractivity contribution in [3.05, 3.63) is 40.4 Å². The Bertz CT molecular complexity index is 950. The summed E-state index contributed by atoms with van der Waals surface area (Å²) in [7, 11) is 1.56. The van der Waals surface area contributed by atoms with E-state index in [1.165, 1.54) is 12.3 Å². The summed E-state index contributed by atoms with van der Waals surface area (Å²) in [5.74, 6) is 1.95. The van der Waals surface area contributed by atoms with Gasteiger partial charge in [-0.15, -0.1) is 0 Å². The first-order valence-corrected chi connectivity index (χ1v) is 9.01. The summed E-state index contributed by atoms with van der Waals surface area (Å²) < 4.78 is 22.9. The molecule has 2 aliphatic heterocycles. The van der Waals surface area contributed by atoms with Crippen LogP contribution < -0.4 is 31.0 Å². The lowest BCUT2D eigenvalue weighted by molar-refractivity contribution is -0.0390. The maximum atomic E-state index is 12.0. The second kappa shape index (κ2) is 7.87. The van der Waals surface area contributed by atoms with Gasteiger partial charge < -0.3 is 40.2 Å². The van der Waals surface area contributed by atoms with Crippen LogP contribution in [0.25, 0.3) is 0 Å². The molecule has 1 aromatic heterocycles. The van der Waals surface area contributed by atoms with E-state index in [4.69, 9.17) is 24.7 Å². The van der Waals surface area contributed by atoms with Gasteiger partial charge >= 0.3 is 5.69 Å². The predicted molar refractivity (Wildman–Crippen MR) is 99.7 cm³/mol. The Labute approximate surface area is 165 Å². The molecule has 0 aliphatic carbocycles. The maximum absolute atomic E-state index is 12.0. The Balaban J connectivity index is 1.41. The van der Waals surface area contributed by atoms with Crippen molar-refractivity contribution in [1.29, 1.82) is 0 Å². The van der Waals surface area contributed by atoms with Crippen molar-refractivity contribution in [1.82, 2.24) is 14.9 Å². The molecule has 11 nitrogen and oxygen atoms in total. The minimum Gasteiger partial charge on any atom is -0.496 e. The molecule has 0 unspecified atom stereocenters. The lowest BCUT2D eigenvalue weighted by Gasteiger charge is -2.17. The Morgan fingerprint density at radius 3 is 2.79 bits per heavy atom. The zero-order chi connectivity index (χ0) is 20.5. The number of hydrogen-bond acceptors (Lipinski definition) is 10. The molecule has 2 aromatic rings. The van der Waals surface area contributed by atoms with Gasteiger partial charge in [0.2, 0.25) is 6.79 Å². The van der Waals surface area contributed by atoms with Crippen molar-refractivity contribution in [3.8, 4) is 17.2 Å². The molecule has 4 rings (SSSR count). The molecular weight excluding hydrogens is 384 g/mol. The van der Waals surface area contributed by atoms with Gasteiger partial charge in [0.15, 0.2) is 17.7 Å². The molecule has 2 aliphatic rings. The van der Waals surface area contributed by atoms with Gasteiger partial charge in [0.1, 0.15) is 29.9 Å². The molecule has 0 radical (unpaired) electrons. The van der Waals surface area contributed by atoms with Gasteiger partial charge in [0.05, 0.1) is 7.11 Å². The third kappa shape index (κ3) is 3.72. The van der Waals surface area contributed by atoms with Crippen LogP contribution in [0.1, 0.15) is 11.8 Å². The molecule has 0 amide bonds. The fourth-order valence-corrected chi connectivity index (χ4v) is 3.39. The van der Waals surface area contributed by atoms with E-state index in [0.29, 0.717) is 23.8 Å². The molecule has 0 saturated carbocycles. The molecule has 4 atom stereocenters. The monoisotopic (exact) mass is 406 g/mol. The number of hydrogen-bond donors (Lipinski definition) is 4. The highest BCUT2D eigenvalue weighted by molar-refractivity contribution is 5.51. The van der Waals surface area contributed by atoms with Crippen molar-refractivity contribution in [2.75, 3.05) is 26.2 Å². The summed E-state index contributed by atoms with van der Waals surface area (Å²) in [4.78, 5) is 15.6. The second-order valence-corrected chi connectivity index (χ2v) is 6.74. The average Bonchev–Trinajstić information content (AvgIpc) is 3.26. The topological polar surface area (TPSA) is 150 Å². The Morgan fingerprint density at radius 1 is 1.31 bits per heavy atom. The first kappa shape index (κ1) is 19.5. The number of nitrogens with two attached hydrogens (primary N) is 1. The van der Waals surface area contributed by atoms with E-state index in [1.807, 2.05) is 6.07 Å². The normalized spacial score (nSPS) is 25.3. The van der Waals surface area contributed by atoms with E-state index < -0.39 is 30.2 Å². The third-order valence-electron chi connectivity index (χ3n) is 4.90. The number of aliphatic hydroxyl groups is 2. The number of nitrogens with zero attached hydrogens (tertiary/aromatic N) is 2. The first-order valence-electron chi connectivity index (χ1n) is 9.01. The first-order chi connectivity index (χ1) is 14.0. The number of anilines is 1. The van der Waals surface area contributed by atoms with Crippen molar-refractivity contribution >= 4 is 5.82 Å². The smallest absolute Gasteiger partial charge is 0.351 e. The van der Waals surface area contributed by atoms with Crippen molar-refractivity contribution in [2.45, 2.75) is 31.1 Å². The summed E-state index contributed by atoms with van der Waals surface area (Å²) in [5.41, 5.74) is 5.65. The van der Waals surface area contributed by atoms with Gasteiger partial charge in [-0.1, -0.05) is 0 Å². The van der Waals surface area contributed by atoms with E-state index in [-0.39, 0.29) is 19.2 Å². The van der Waals surface area contributed by atoms with Crippen molar-refractivity contribution in [3.63, 3.8) is 0 Å².